The van der Waals surface area contributed by atoms with E-state index in [0.29, 0.717) is 17.9 Å². The Morgan fingerprint density at radius 3 is 2.39 bits per heavy atom. The van der Waals surface area contributed by atoms with Crippen molar-refractivity contribution in [2.24, 2.45) is 0 Å². The molecule has 6 nitrogen and oxygen atoms in total. The second kappa shape index (κ2) is 8.55. The van der Waals surface area contributed by atoms with Crippen molar-refractivity contribution in [3.8, 4) is 16.9 Å². The molecule has 0 aliphatic carbocycles. The minimum Gasteiger partial charge on any atom is -0.494 e. The summed E-state index contributed by atoms with van der Waals surface area (Å²) in [5, 5.41) is 39.4. The van der Waals surface area contributed by atoms with E-state index in [1.165, 1.54) is 12.1 Å². The Balaban J connectivity index is 1.94. The fourth-order valence-corrected chi connectivity index (χ4v) is 3.27. The van der Waals surface area contributed by atoms with Crippen molar-refractivity contribution in [2.75, 3.05) is 13.2 Å². The molecule has 0 aromatic heterocycles. The number of halogens is 1. The minimum absolute atomic E-state index is 0.0261. The van der Waals surface area contributed by atoms with Crippen LogP contribution in [0, 0.1) is 0 Å². The number of ether oxygens (including phenoxy) is 2. The summed E-state index contributed by atoms with van der Waals surface area (Å²) in [7, 11) is 0. The first-order valence-electron chi connectivity index (χ1n) is 9.26. The molecule has 5 unspecified atom stereocenters. The summed E-state index contributed by atoms with van der Waals surface area (Å²) < 4.78 is 26.4. The highest BCUT2D eigenvalue weighted by atomic mass is 19.2. The molecule has 152 valence electrons. The average molecular weight is 392 g/mol. The summed E-state index contributed by atoms with van der Waals surface area (Å²) in [4.78, 5) is 0. The van der Waals surface area contributed by atoms with Crippen LogP contribution in [0.4, 0.5) is 4.39 Å². The molecule has 1 aliphatic rings. The van der Waals surface area contributed by atoms with Crippen molar-refractivity contribution in [3.63, 3.8) is 0 Å². The number of aliphatic hydroxyl groups is 4. The Bertz CT molecular complexity index is 798. The van der Waals surface area contributed by atoms with Gasteiger partial charge in [-0.2, -0.15) is 0 Å². The average Bonchev–Trinajstić information content (AvgIpc) is 2.73. The second-order valence-electron chi connectivity index (χ2n) is 6.87. The van der Waals surface area contributed by atoms with E-state index in [2.05, 4.69) is 0 Å². The third-order valence-corrected chi connectivity index (χ3v) is 4.83. The van der Waals surface area contributed by atoms with Gasteiger partial charge in [0.25, 0.3) is 5.85 Å². The maximum Gasteiger partial charge on any atom is 0.264 e. The van der Waals surface area contributed by atoms with Gasteiger partial charge in [-0.05, 0) is 35.7 Å². The number of hydrogen-bond acceptors (Lipinski definition) is 6. The van der Waals surface area contributed by atoms with Gasteiger partial charge in [0.2, 0.25) is 0 Å². The quantitative estimate of drug-likeness (QED) is 0.598. The van der Waals surface area contributed by atoms with E-state index in [-0.39, 0.29) is 5.56 Å². The molecular weight excluding hydrogens is 367 g/mol. The summed E-state index contributed by atoms with van der Waals surface area (Å²) in [6.45, 7) is 1.89. The van der Waals surface area contributed by atoms with Crippen LogP contribution in [-0.2, 0) is 10.6 Å². The molecule has 1 heterocycles. The Hall–Kier alpha value is -2.03. The predicted octanol–water partition coefficient (Wildman–Crippen LogP) is 1.74. The molecule has 2 aromatic carbocycles. The lowest BCUT2D eigenvalue weighted by Crippen LogP contribution is -2.61. The summed E-state index contributed by atoms with van der Waals surface area (Å²) in [6.07, 6.45) is -5.90. The van der Waals surface area contributed by atoms with Crippen LogP contribution in [0.3, 0.4) is 0 Å². The largest absolute Gasteiger partial charge is 0.494 e. The normalized spacial score (nSPS) is 30.2. The zero-order valence-corrected chi connectivity index (χ0v) is 15.5. The van der Waals surface area contributed by atoms with E-state index < -0.39 is 36.9 Å². The number of aliphatic hydroxyl groups excluding tert-OH is 4. The molecule has 7 heteroatoms. The smallest absolute Gasteiger partial charge is 0.264 e. The molecule has 1 aliphatic heterocycles. The predicted molar refractivity (Wildman–Crippen MR) is 100 cm³/mol. The second-order valence-corrected chi connectivity index (χ2v) is 6.87. The number of benzene rings is 2. The Morgan fingerprint density at radius 1 is 1.04 bits per heavy atom. The van der Waals surface area contributed by atoms with E-state index in [0.717, 1.165) is 12.0 Å². The third-order valence-electron chi connectivity index (χ3n) is 4.83. The first-order valence-corrected chi connectivity index (χ1v) is 9.26. The fraction of sp³-hybridized carbons (Fsp3) is 0.429. The van der Waals surface area contributed by atoms with Gasteiger partial charge in [0.05, 0.1) is 13.2 Å². The van der Waals surface area contributed by atoms with E-state index in [4.69, 9.17) is 9.47 Å². The van der Waals surface area contributed by atoms with Gasteiger partial charge in [-0.25, -0.2) is 4.39 Å². The molecule has 5 atom stereocenters. The van der Waals surface area contributed by atoms with Gasteiger partial charge < -0.3 is 29.9 Å². The van der Waals surface area contributed by atoms with Gasteiger partial charge >= 0.3 is 0 Å². The summed E-state index contributed by atoms with van der Waals surface area (Å²) in [5.41, 5.74) is 1.42. The Morgan fingerprint density at radius 2 is 1.71 bits per heavy atom. The molecule has 0 saturated carbocycles. The van der Waals surface area contributed by atoms with Gasteiger partial charge in [0, 0.05) is 5.56 Å². The first kappa shape index (κ1) is 20.7. The number of rotatable bonds is 6. The molecule has 0 spiro atoms. The van der Waals surface area contributed by atoms with Gasteiger partial charge in [0.1, 0.15) is 30.2 Å². The lowest BCUT2D eigenvalue weighted by molar-refractivity contribution is -0.327. The topological polar surface area (TPSA) is 99.4 Å². The van der Waals surface area contributed by atoms with Crippen LogP contribution in [0.25, 0.3) is 11.1 Å². The highest BCUT2D eigenvalue weighted by Crippen LogP contribution is 2.41. The minimum atomic E-state index is -2.78. The third kappa shape index (κ3) is 3.90. The molecular formula is C21H25FO6. The zero-order valence-electron chi connectivity index (χ0n) is 15.5. The molecule has 0 radical (unpaired) electrons. The van der Waals surface area contributed by atoms with Crippen LogP contribution in [0.1, 0.15) is 18.9 Å². The Labute approximate surface area is 162 Å². The maximum absolute atomic E-state index is 15.6. The zero-order chi connectivity index (χ0) is 20.3. The van der Waals surface area contributed by atoms with Gasteiger partial charge in [0.15, 0.2) is 0 Å². The first-order chi connectivity index (χ1) is 13.4. The number of hydrogen-bond donors (Lipinski definition) is 4. The van der Waals surface area contributed by atoms with Gasteiger partial charge in [-0.15, -0.1) is 0 Å². The molecule has 28 heavy (non-hydrogen) atoms. The monoisotopic (exact) mass is 392 g/mol. The molecule has 0 amide bonds. The molecule has 1 saturated heterocycles. The number of alkyl halides is 1. The fourth-order valence-electron chi connectivity index (χ4n) is 3.27. The van der Waals surface area contributed by atoms with Crippen molar-refractivity contribution in [3.05, 3.63) is 54.1 Å². The van der Waals surface area contributed by atoms with Gasteiger partial charge in [-0.1, -0.05) is 37.3 Å². The molecule has 2 aromatic rings. The van der Waals surface area contributed by atoms with E-state index in [9.17, 15) is 20.4 Å². The highest BCUT2D eigenvalue weighted by Gasteiger charge is 2.55. The van der Waals surface area contributed by atoms with Crippen LogP contribution in [0.2, 0.25) is 0 Å². The van der Waals surface area contributed by atoms with Crippen LogP contribution in [0.5, 0.6) is 5.75 Å². The summed E-state index contributed by atoms with van der Waals surface area (Å²) >= 11 is 0. The van der Waals surface area contributed by atoms with Crippen LogP contribution in [0.15, 0.2) is 48.5 Å². The lowest BCUT2D eigenvalue weighted by Gasteiger charge is -2.44. The molecule has 0 bridgehead atoms. The standard InChI is InChI=1S/C21H25FO6/c1-2-9-27-16-8-4-6-14(11-16)13-5-3-7-15(10-13)21(22)20(26)19(25)18(24)17(12-23)28-21/h3-8,10-11,17-20,23-26H,2,9,12H2,1H3. The van der Waals surface area contributed by atoms with E-state index >= 15 is 4.39 Å². The summed E-state index contributed by atoms with van der Waals surface area (Å²) in [5.74, 6) is -2.09. The van der Waals surface area contributed by atoms with Crippen LogP contribution < -0.4 is 4.74 Å². The highest BCUT2D eigenvalue weighted by molar-refractivity contribution is 5.66. The van der Waals surface area contributed by atoms with Crippen LogP contribution in [-0.4, -0.2) is 58.1 Å². The van der Waals surface area contributed by atoms with Crippen molar-refractivity contribution < 1.29 is 34.3 Å². The van der Waals surface area contributed by atoms with E-state index in [1.54, 1.807) is 12.1 Å². The van der Waals surface area contributed by atoms with Gasteiger partial charge in [-0.3, -0.25) is 0 Å². The Kier molecular flexibility index (Phi) is 6.32. The van der Waals surface area contributed by atoms with Crippen molar-refractivity contribution >= 4 is 0 Å². The van der Waals surface area contributed by atoms with Crippen molar-refractivity contribution in [1.82, 2.24) is 0 Å². The summed E-state index contributed by atoms with van der Waals surface area (Å²) in [6, 6.07) is 13.6. The van der Waals surface area contributed by atoms with Crippen molar-refractivity contribution in [1.29, 1.82) is 0 Å². The van der Waals surface area contributed by atoms with Crippen LogP contribution >= 0.6 is 0 Å². The SMILES string of the molecule is CCCOc1cccc(-c2cccc(C3(F)OC(CO)C(O)C(O)C3O)c2)c1. The lowest BCUT2D eigenvalue weighted by atomic mass is 9.88. The molecule has 3 rings (SSSR count). The maximum atomic E-state index is 15.6. The molecule has 4 N–H and O–H groups in total. The molecule has 1 fully saturated rings. The van der Waals surface area contributed by atoms with E-state index in [1.807, 2.05) is 31.2 Å². The van der Waals surface area contributed by atoms with Crippen molar-refractivity contribution in [2.45, 2.75) is 43.6 Å².